The summed E-state index contributed by atoms with van der Waals surface area (Å²) >= 11 is 0. The van der Waals surface area contributed by atoms with Crippen molar-refractivity contribution in [3.8, 4) is 0 Å². The van der Waals surface area contributed by atoms with Gasteiger partial charge in [0, 0.05) is 19.8 Å². The molecule has 0 bridgehead atoms. The number of aliphatic carboxylic acids is 1. The number of aromatic nitrogens is 2. The summed E-state index contributed by atoms with van der Waals surface area (Å²) in [4.78, 5) is 24.0. The molecule has 1 amide bonds. The summed E-state index contributed by atoms with van der Waals surface area (Å²) in [5.41, 5.74) is 2.04. The summed E-state index contributed by atoms with van der Waals surface area (Å²) in [6.45, 7) is 1.81. The van der Waals surface area contributed by atoms with Crippen LogP contribution in [-0.4, -0.2) is 33.3 Å². The van der Waals surface area contributed by atoms with Crippen molar-refractivity contribution in [2.75, 3.05) is 6.54 Å². The molecule has 1 atom stereocenters. The maximum atomic E-state index is 12.3. The number of hydrogen-bond acceptors (Lipinski definition) is 3. The standard InChI is InChI=1S/C20H21N3O3/c1-13-18(12-23(2)22-13)19(24)21-11-16(20(25)26)10-15-8-5-7-14-6-3-4-9-17(14)15/h3-9,12,16H,10-11H2,1-2H3,(H,21,24)(H,25,26). The molecule has 3 rings (SSSR count). The molecule has 1 aromatic heterocycles. The lowest BCUT2D eigenvalue weighted by Gasteiger charge is -2.15. The normalized spacial score (nSPS) is 12.1. The Morgan fingerprint density at radius 1 is 1.19 bits per heavy atom. The zero-order valence-corrected chi connectivity index (χ0v) is 14.8. The number of carboxylic acids is 1. The van der Waals surface area contributed by atoms with Gasteiger partial charge in [0.25, 0.3) is 5.91 Å². The van der Waals surface area contributed by atoms with Crippen LogP contribution in [0, 0.1) is 12.8 Å². The molecule has 2 aromatic carbocycles. The van der Waals surface area contributed by atoms with Gasteiger partial charge < -0.3 is 10.4 Å². The number of carbonyl (C=O) groups excluding carboxylic acids is 1. The molecule has 2 N–H and O–H groups in total. The minimum atomic E-state index is -0.929. The van der Waals surface area contributed by atoms with Gasteiger partial charge in [0.1, 0.15) is 0 Å². The van der Waals surface area contributed by atoms with Crippen molar-refractivity contribution in [2.24, 2.45) is 13.0 Å². The fraction of sp³-hybridized carbons (Fsp3) is 0.250. The van der Waals surface area contributed by atoms with Gasteiger partial charge in [-0.3, -0.25) is 14.3 Å². The number of aryl methyl sites for hydroxylation is 2. The Kier molecular flexibility index (Phi) is 5.02. The van der Waals surface area contributed by atoms with Crippen molar-refractivity contribution in [1.82, 2.24) is 15.1 Å². The second-order valence-corrected chi connectivity index (χ2v) is 6.39. The summed E-state index contributed by atoms with van der Waals surface area (Å²) in [5, 5.41) is 18.6. The number of rotatable bonds is 6. The zero-order valence-electron chi connectivity index (χ0n) is 14.8. The van der Waals surface area contributed by atoms with Crippen molar-refractivity contribution < 1.29 is 14.7 Å². The predicted octanol–water partition coefficient (Wildman–Crippen LogP) is 2.56. The lowest BCUT2D eigenvalue weighted by Crippen LogP contribution is -2.34. The monoisotopic (exact) mass is 351 g/mol. The van der Waals surface area contributed by atoms with E-state index in [-0.39, 0.29) is 12.5 Å². The van der Waals surface area contributed by atoms with Crippen molar-refractivity contribution in [1.29, 1.82) is 0 Å². The highest BCUT2D eigenvalue weighted by atomic mass is 16.4. The van der Waals surface area contributed by atoms with Crippen LogP contribution in [0.25, 0.3) is 10.8 Å². The van der Waals surface area contributed by atoms with E-state index in [1.807, 2.05) is 42.5 Å². The lowest BCUT2D eigenvalue weighted by molar-refractivity contribution is -0.141. The zero-order chi connectivity index (χ0) is 18.7. The number of carbonyl (C=O) groups is 2. The van der Waals surface area contributed by atoms with Gasteiger partial charge in [0.05, 0.1) is 17.2 Å². The topological polar surface area (TPSA) is 84.2 Å². The van der Waals surface area contributed by atoms with Crippen LogP contribution in [0.5, 0.6) is 0 Å². The fourth-order valence-electron chi connectivity index (χ4n) is 3.12. The van der Waals surface area contributed by atoms with Crippen LogP contribution in [0.15, 0.2) is 48.7 Å². The average molecular weight is 351 g/mol. The minimum absolute atomic E-state index is 0.0612. The first-order valence-electron chi connectivity index (χ1n) is 8.43. The minimum Gasteiger partial charge on any atom is -0.481 e. The van der Waals surface area contributed by atoms with E-state index in [1.54, 1.807) is 24.9 Å². The molecule has 0 radical (unpaired) electrons. The molecule has 3 aromatic rings. The molecule has 0 aliphatic heterocycles. The SMILES string of the molecule is Cc1nn(C)cc1C(=O)NCC(Cc1cccc2ccccc12)C(=O)O. The van der Waals surface area contributed by atoms with E-state index in [4.69, 9.17) is 0 Å². The van der Waals surface area contributed by atoms with Crippen molar-refractivity contribution in [3.63, 3.8) is 0 Å². The Morgan fingerprint density at radius 2 is 1.92 bits per heavy atom. The maximum absolute atomic E-state index is 12.3. The first kappa shape index (κ1) is 17.7. The quantitative estimate of drug-likeness (QED) is 0.715. The van der Waals surface area contributed by atoms with Gasteiger partial charge >= 0.3 is 5.97 Å². The molecule has 0 aliphatic rings. The molecule has 0 fully saturated rings. The molecule has 0 spiro atoms. The number of fused-ring (bicyclic) bond motifs is 1. The van der Waals surface area contributed by atoms with Crippen LogP contribution in [0.1, 0.15) is 21.6 Å². The second-order valence-electron chi connectivity index (χ2n) is 6.39. The van der Waals surface area contributed by atoms with Gasteiger partial charge in [-0.1, -0.05) is 42.5 Å². The number of nitrogens with zero attached hydrogens (tertiary/aromatic N) is 2. The Hall–Kier alpha value is -3.15. The van der Waals surface area contributed by atoms with Gasteiger partial charge in [-0.2, -0.15) is 5.10 Å². The second kappa shape index (κ2) is 7.39. The first-order valence-corrected chi connectivity index (χ1v) is 8.43. The molecule has 26 heavy (non-hydrogen) atoms. The van der Waals surface area contributed by atoms with Crippen LogP contribution in [0.2, 0.25) is 0 Å². The number of amides is 1. The molecule has 6 heteroatoms. The summed E-state index contributed by atoms with van der Waals surface area (Å²) in [6, 6.07) is 13.7. The van der Waals surface area contributed by atoms with E-state index in [1.165, 1.54) is 0 Å². The Labute approximate surface area is 151 Å². The van der Waals surface area contributed by atoms with Gasteiger partial charge in [0.2, 0.25) is 0 Å². The fourth-order valence-corrected chi connectivity index (χ4v) is 3.12. The van der Waals surface area contributed by atoms with Gasteiger partial charge in [-0.25, -0.2) is 0 Å². The van der Waals surface area contributed by atoms with Crippen molar-refractivity contribution in [2.45, 2.75) is 13.3 Å². The van der Waals surface area contributed by atoms with Crippen LogP contribution in [0.3, 0.4) is 0 Å². The molecule has 0 aliphatic carbocycles. The van der Waals surface area contributed by atoms with E-state index in [2.05, 4.69) is 10.4 Å². The summed E-state index contributed by atoms with van der Waals surface area (Å²) in [5.74, 6) is -1.94. The van der Waals surface area contributed by atoms with Crippen LogP contribution in [-0.2, 0) is 18.3 Å². The Morgan fingerprint density at radius 3 is 2.62 bits per heavy atom. The van der Waals surface area contributed by atoms with Crippen LogP contribution >= 0.6 is 0 Å². The molecule has 0 saturated carbocycles. The van der Waals surface area contributed by atoms with E-state index in [9.17, 15) is 14.7 Å². The van der Waals surface area contributed by atoms with Crippen molar-refractivity contribution >= 4 is 22.6 Å². The highest BCUT2D eigenvalue weighted by Crippen LogP contribution is 2.21. The number of hydrogen-bond donors (Lipinski definition) is 2. The molecular formula is C20H21N3O3. The number of nitrogens with one attached hydrogen (secondary N) is 1. The third kappa shape index (κ3) is 3.74. The molecule has 134 valence electrons. The lowest BCUT2D eigenvalue weighted by atomic mass is 9.94. The number of benzene rings is 2. The highest BCUT2D eigenvalue weighted by molar-refractivity contribution is 5.95. The Bertz CT molecular complexity index is 957. The van der Waals surface area contributed by atoms with E-state index in [0.29, 0.717) is 17.7 Å². The highest BCUT2D eigenvalue weighted by Gasteiger charge is 2.21. The molecule has 6 nitrogen and oxygen atoms in total. The molecule has 0 saturated heterocycles. The average Bonchev–Trinajstić information content (AvgIpc) is 2.96. The number of carboxylic acid groups (broad SMARTS) is 1. The Balaban J connectivity index is 1.74. The van der Waals surface area contributed by atoms with Crippen molar-refractivity contribution in [3.05, 3.63) is 65.5 Å². The molecular weight excluding hydrogens is 330 g/mol. The van der Waals surface area contributed by atoms with Crippen LogP contribution < -0.4 is 5.32 Å². The maximum Gasteiger partial charge on any atom is 0.308 e. The van der Waals surface area contributed by atoms with E-state index < -0.39 is 11.9 Å². The molecule has 1 unspecified atom stereocenters. The summed E-state index contributed by atoms with van der Waals surface area (Å²) in [6.07, 6.45) is 1.98. The first-order chi connectivity index (χ1) is 12.5. The van der Waals surface area contributed by atoms with Gasteiger partial charge in [0.15, 0.2) is 0 Å². The van der Waals surface area contributed by atoms with Gasteiger partial charge in [-0.05, 0) is 29.7 Å². The van der Waals surface area contributed by atoms with Gasteiger partial charge in [-0.15, -0.1) is 0 Å². The smallest absolute Gasteiger partial charge is 0.308 e. The molecule has 1 heterocycles. The largest absolute Gasteiger partial charge is 0.481 e. The van der Waals surface area contributed by atoms with E-state index in [0.717, 1.165) is 16.3 Å². The summed E-state index contributed by atoms with van der Waals surface area (Å²) in [7, 11) is 1.74. The van der Waals surface area contributed by atoms with Crippen LogP contribution in [0.4, 0.5) is 0 Å². The summed E-state index contributed by atoms with van der Waals surface area (Å²) < 4.78 is 1.56. The third-order valence-corrected chi connectivity index (χ3v) is 4.46. The predicted molar refractivity (Wildman–Crippen MR) is 99.1 cm³/mol. The third-order valence-electron chi connectivity index (χ3n) is 4.46. The van der Waals surface area contributed by atoms with E-state index >= 15 is 0 Å².